The number of fused-ring (bicyclic) bond motifs is 2. The third-order valence-electron chi connectivity index (χ3n) is 4.54. The molecule has 0 fully saturated rings. The van der Waals surface area contributed by atoms with Crippen molar-refractivity contribution in [2.75, 3.05) is 0 Å². The predicted molar refractivity (Wildman–Crippen MR) is 94.8 cm³/mol. The molecule has 0 aliphatic carbocycles. The molecule has 0 saturated carbocycles. The first-order chi connectivity index (χ1) is 11.6. The number of rotatable bonds is 2. The Kier molecular flexibility index (Phi) is 3.58. The van der Waals surface area contributed by atoms with Gasteiger partial charge >= 0.3 is 0 Å². The SMILES string of the molecule is NC(=O)[C@H]1Cc2ccccc2CN1C(=O)c1ccc2sccc2c1. The van der Waals surface area contributed by atoms with Gasteiger partial charge < -0.3 is 10.6 Å². The summed E-state index contributed by atoms with van der Waals surface area (Å²) >= 11 is 1.64. The van der Waals surface area contributed by atoms with E-state index in [1.165, 1.54) is 0 Å². The quantitative estimate of drug-likeness (QED) is 0.782. The molecule has 120 valence electrons. The number of primary amides is 1. The Labute approximate surface area is 143 Å². The number of benzene rings is 2. The van der Waals surface area contributed by atoms with Crippen LogP contribution in [0.3, 0.4) is 0 Å². The summed E-state index contributed by atoms with van der Waals surface area (Å²) in [6.07, 6.45) is 0.470. The topological polar surface area (TPSA) is 63.4 Å². The largest absolute Gasteiger partial charge is 0.368 e. The Hall–Kier alpha value is -2.66. The number of thiophene rings is 1. The number of amides is 2. The lowest BCUT2D eigenvalue weighted by atomic mass is 9.93. The molecular weight excluding hydrogens is 320 g/mol. The minimum atomic E-state index is -0.606. The molecule has 1 aliphatic heterocycles. The summed E-state index contributed by atoms with van der Waals surface area (Å²) in [5, 5.41) is 3.04. The maximum absolute atomic E-state index is 13.0. The molecule has 4 rings (SSSR count). The van der Waals surface area contributed by atoms with E-state index >= 15 is 0 Å². The van der Waals surface area contributed by atoms with Crippen LogP contribution in [0.4, 0.5) is 0 Å². The summed E-state index contributed by atoms with van der Waals surface area (Å²) in [6.45, 7) is 0.407. The van der Waals surface area contributed by atoms with Gasteiger partial charge in [0.25, 0.3) is 5.91 Å². The van der Waals surface area contributed by atoms with E-state index in [-0.39, 0.29) is 5.91 Å². The monoisotopic (exact) mass is 336 g/mol. The first kappa shape index (κ1) is 14.9. The average molecular weight is 336 g/mol. The summed E-state index contributed by atoms with van der Waals surface area (Å²) in [7, 11) is 0. The fourth-order valence-corrected chi connectivity index (χ4v) is 4.03. The highest BCUT2D eigenvalue weighted by Crippen LogP contribution is 2.27. The maximum atomic E-state index is 13.0. The van der Waals surface area contributed by atoms with Crippen LogP contribution in [0.25, 0.3) is 10.1 Å². The van der Waals surface area contributed by atoms with Crippen LogP contribution in [0.15, 0.2) is 53.9 Å². The van der Waals surface area contributed by atoms with Gasteiger partial charge in [-0.3, -0.25) is 9.59 Å². The number of hydrogen-bond acceptors (Lipinski definition) is 3. The molecule has 5 heteroatoms. The van der Waals surface area contributed by atoms with Crippen LogP contribution in [0.2, 0.25) is 0 Å². The van der Waals surface area contributed by atoms with E-state index in [0.717, 1.165) is 21.2 Å². The lowest BCUT2D eigenvalue weighted by Crippen LogP contribution is -2.51. The minimum absolute atomic E-state index is 0.151. The third-order valence-corrected chi connectivity index (χ3v) is 5.44. The van der Waals surface area contributed by atoms with E-state index in [0.29, 0.717) is 18.5 Å². The van der Waals surface area contributed by atoms with Gasteiger partial charge in [0.1, 0.15) is 6.04 Å². The van der Waals surface area contributed by atoms with Crippen molar-refractivity contribution >= 4 is 33.2 Å². The molecule has 24 heavy (non-hydrogen) atoms. The highest BCUT2D eigenvalue weighted by atomic mass is 32.1. The number of nitrogens with zero attached hydrogens (tertiary/aromatic N) is 1. The Morgan fingerprint density at radius 3 is 2.67 bits per heavy atom. The zero-order valence-electron chi connectivity index (χ0n) is 12.9. The van der Waals surface area contributed by atoms with Crippen molar-refractivity contribution in [3.63, 3.8) is 0 Å². The van der Waals surface area contributed by atoms with Crippen molar-refractivity contribution in [2.24, 2.45) is 5.73 Å². The fourth-order valence-electron chi connectivity index (χ4n) is 3.26. The van der Waals surface area contributed by atoms with E-state index in [1.54, 1.807) is 16.2 Å². The highest BCUT2D eigenvalue weighted by molar-refractivity contribution is 7.17. The molecule has 2 amide bonds. The van der Waals surface area contributed by atoms with Gasteiger partial charge in [-0.1, -0.05) is 24.3 Å². The zero-order valence-corrected chi connectivity index (χ0v) is 13.8. The summed E-state index contributed by atoms with van der Waals surface area (Å²) in [5.74, 6) is -0.615. The zero-order chi connectivity index (χ0) is 16.7. The van der Waals surface area contributed by atoms with E-state index in [1.807, 2.05) is 53.9 Å². The van der Waals surface area contributed by atoms with Crippen molar-refractivity contribution in [2.45, 2.75) is 19.0 Å². The fraction of sp³-hybridized carbons (Fsp3) is 0.158. The molecule has 2 heterocycles. The standard InChI is InChI=1S/C19H16N2O2S/c20-18(22)16-10-12-3-1-2-4-15(12)11-21(16)19(23)14-5-6-17-13(9-14)7-8-24-17/h1-9,16H,10-11H2,(H2,20,22)/t16-/m1/s1. The van der Waals surface area contributed by atoms with Crippen molar-refractivity contribution in [3.05, 3.63) is 70.6 Å². The first-order valence-corrected chi connectivity index (χ1v) is 8.66. The molecule has 0 spiro atoms. The van der Waals surface area contributed by atoms with Crippen LogP contribution in [0, 0.1) is 0 Å². The second-order valence-electron chi connectivity index (χ2n) is 6.00. The normalized spacial score (nSPS) is 16.8. The van der Waals surface area contributed by atoms with Crippen molar-refractivity contribution in [3.8, 4) is 0 Å². The van der Waals surface area contributed by atoms with Gasteiger partial charge in [-0.15, -0.1) is 11.3 Å². The third kappa shape index (κ3) is 2.47. The van der Waals surface area contributed by atoms with E-state index in [9.17, 15) is 9.59 Å². The summed E-state index contributed by atoms with van der Waals surface area (Å²) in [6, 6.07) is 14.9. The maximum Gasteiger partial charge on any atom is 0.254 e. The van der Waals surface area contributed by atoms with Crippen molar-refractivity contribution < 1.29 is 9.59 Å². The second kappa shape index (κ2) is 5.76. The van der Waals surface area contributed by atoms with Crippen LogP contribution < -0.4 is 5.73 Å². The first-order valence-electron chi connectivity index (χ1n) is 7.78. The molecule has 0 unspecified atom stereocenters. The van der Waals surface area contributed by atoms with Crippen LogP contribution in [-0.2, 0) is 17.8 Å². The number of carbonyl (C=O) groups excluding carboxylic acids is 2. The Morgan fingerprint density at radius 2 is 1.88 bits per heavy atom. The molecule has 4 nitrogen and oxygen atoms in total. The lowest BCUT2D eigenvalue weighted by Gasteiger charge is -2.35. The highest BCUT2D eigenvalue weighted by Gasteiger charge is 2.33. The summed E-state index contributed by atoms with van der Waals surface area (Å²) in [5.41, 5.74) is 8.31. The van der Waals surface area contributed by atoms with Crippen molar-refractivity contribution in [1.29, 1.82) is 0 Å². The van der Waals surface area contributed by atoms with Gasteiger partial charge in [0.05, 0.1) is 0 Å². The van der Waals surface area contributed by atoms with Gasteiger partial charge in [-0.2, -0.15) is 0 Å². The van der Waals surface area contributed by atoms with E-state index in [2.05, 4.69) is 0 Å². The van der Waals surface area contributed by atoms with Crippen molar-refractivity contribution in [1.82, 2.24) is 4.90 Å². The molecule has 2 N–H and O–H groups in total. The van der Waals surface area contributed by atoms with Gasteiger partial charge in [0, 0.05) is 23.2 Å². The van der Waals surface area contributed by atoms with Crippen LogP contribution in [-0.4, -0.2) is 22.8 Å². The Morgan fingerprint density at radius 1 is 1.08 bits per heavy atom. The molecule has 1 atom stereocenters. The molecule has 3 aromatic rings. The van der Waals surface area contributed by atoms with Crippen LogP contribution >= 0.6 is 11.3 Å². The summed E-state index contributed by atoms with van der Waals surface area (Å²) < 4.78 is 1.14. The molecule has 1 aromatic heterocycles. The minimum Gasteiger partial charge on any atom is -0.368 e. The Bertz CT molecular complexity index is 947. The number of hydrogen-bond donors (Lipinski definition) is 1. The Balaban J connectivity index is 1.72. The van der Waals surface area contributed by atoms with Gasteiger partial charge in [-0.25, -0.2) is 0 Å². The number of carbonyl (C=O) groups is 2. The lowest BCUT2D eigenvalue weighted by molar-refractivity contribution is -0.122. The average Bonchev–Trinajstić information content (AvgIpc) is 3.07. The van der Waals surface area contributed by atoms with E-state index < -0.39 is 11.9 Å². The second-order valence-corrected chi connectivity index (χ2v) is 6.94. The molecule has 1 aliphatic rings. The molecule has 0 bridgehead atoms. The smallest absolute Gasteiger partial charge is 0.254 e. The molecule has 2 aromatic carbocycles. The number of nitrogens with two attached hydrogens (primary N) is 1. The molecule has 0 radical (unpaired) electrons. The molecular formula is C19H16N2O2S. The van der Waals surface area contributed by atoms with Gasteiger partial charge in [0.2, 0.25) is 5.91 Å². The van der Waals surface area contributed by atoms with Gasteiger partial charge in [-0.05, 0) is 46.2 Å². The predicted octanol–water partition coefficient (Wildman–Crippen LogP) is 2.95. The van der Waals surface area contributed by atoms with E-state index in [4.69, 9.17) is 5.73 Å². The molecule has 0 saturated heterocycles. The van der Waals surface area contributed by atoms with Crippen LogP contribution in [0.1, 0.15) is 21.5 Å². The van der Waals surface area contributed by atoms with Gasteiger partial charge in [0.15, 0.2) is 0 Å². The van der Waals surface area contributed by atoms with Crippen LogP contribution in [0.5, 0.6) is 0 Å². The summed E-state index contributed by atoms with van der Waals surface area (Å²) in [4.78, 5) is 26.5.